The van der Waals surface area contributed by atoms with E-state index in [4.69, 9.17) is 15.1 Å². The number of nitriles is 1. The van der Waals surface area contributed by atoms with Gasteiger partial charge in [0.1, 0.15) is 12.4 Å². The van der Waals surface area contributed by atoms with Crippen molar-refractivity contribution in [3.63, 3.8) is 0 Å². The van der Waals surface area contributed by atoms with Crippen LogP contribution in [0.1, 0.15) is 21.5 Å². The minimum Gasteiger partial charge on any atom is -0.489 e. The predicted molar refractivity (Wildman–Crippen MR) is 128 cm³/mol. The quantitative estimate of drug-likeness (QED) is 0.386. The number of anilines is 1. The Balaban J connectivity index is 1.52. The number of carbonyl (C=O) groups is 1. The van der Waals surface area contributed by atoms with Crippen LogP contribution in [-0.2, 0) is 0 Å². The highest BCUT2D eigenvalue weighted by atomic mass is 16.5. The first kappa shape index (κ1) is 21.6. The Bertz CT molecular complexity index is 1340. The Morgan fingerprint density at radius 1 is 1.06 bits per heavy atom. The molecular weight excluding hydrogens is 414 g/mol. The topological polar surface area (TPSA) is 95.2 Å². The zero-order valence-corrected chi connectivity index (χ0v) is 17.7. The van der Waals surface area contributed by atoms with Gasteiger partial charge in [-0.1, -0.05) is 36.4 Å². The summed E-state index contributed by atoms with van der Waals surface area (Å²) in [5.74, 6) is -0.297. The van der Waals surface area contributed by atoms with E-state index in [1.807, 2.05) is 36.4 Å². The fraction of sp³-hybridized carbons (Fsp3) is 0.0741. The van der Waals surface area contributed by atoms with E-state index in [-0.39, 0.29) is 5.56 Å². The van der Waals surface area contributed by atoms with Gasteiger partial charge in [0.2, 0.25) is 0 Å². The van der Waals surface area contributed by atoms with Gasteiger partial charge >= 0.3 is 5.97 Å². The van der Waals surface area contributed by atoms with Crippen LogP contribution < -0.4 is 10.1 Å². The first-order valence-electron chi connectivity index (χ1n) is 10.4. The average Bonchev–Trinajstić information content (AvgIpc) is 2.86. The van der Waals surface area contributed by atoms with Gasteiger partial charge in [0.25, 0.3) is 0 Å². The molecular formula is C27H21N3O3. The molecule has 0 aliphatic carbocycles. The molecule has 0 atom stereocenters. The molecule has 0 bridgehead atoms. The monoisotopic (exact) mass is 435 g/mol. The molecule has 6 heteroatoms. The molecule has 2 N–H and O–H groups in total. The van der Waals surface area contributed by atoms with Gasteiger partial charge in [-0.3, -0.25) is 4.98 Å². The third-order valence-electron chi connectivity index (χ3n) is 5.05. The molecule has 0 radical (unpaired) electrons. The smallest absolute Gasteiger partial charge is 0.335 e. The van der Waals surface area contributed by atoms with Crippen LogP contribution >= 0.6 is 0 Å². The van der Waals surface area contributed by atoms with Gasteiger partial charge < -0.3 is 15.2 Å². The Hall–Kier alpha value is -4.63. The number of hydrogen-bond donors (Lipinski definition) is 2. The van der Waals surface area contributed by atoms with E-state index in [1.165, 1.54) is 0 Å². The van der Waals surface area contributed by atoms with Crippen LogP contribution in [-0.4, -0.2) is 29.2 Å². The number of carboxylic acids is 1. The molecule has 33 heavy (non-hydrogen) atoms. The minimum atomic E-state index is -0.958. The largest absolute Gasteiger partial charge is 0.489 e. The summed E-state index contributed by atoms with van der Waals surface area (Å²) in [6, 6.07) is 25.7. The number of carboxylic acid groups (broad SMARTS) is 1. The maximum absolute atomic E-state index is 11.1. The molecule has 0 aliphatic heterocycles. The lowest BCUT2D eigenvalue weighted by Gasteiger charge is -2.13. The maximum Gasteiger partial charge on any atom is 0.335 e. The van der Waals surface area contributed by atoms with Crippen molar-refractivity contribution in [3.05, 3.63) is 107 Å². The first-order valence-corrected chi connectivity index (χ1v) is 10.4. The number of benzene rings is 3. The van der Waals surface area contributed by atoms with Crippen molar-refractivity contribution >= 4 is 28.6 Å². The molecule has 3 aromatic carbocycles. The van der Waals surface area contributed by atoms with Gasteiger partial charge in [0.15, 0.2) is 0 Å². The third-order valence-corrected chi connectivity index (χ3v) is 5.05. The van der Waals surface area contributed by atoms with Gasteiger partial charge in [-0.2, -0.15) is 5.26 Å². The molecule has 0 saturated carbocycles. The number of aromatic nitrogens is 1. The zero-order valence-electron chi connectivity index (χ0n) is 17.7. The van der Waals surface area contributed by atoms with Gasteiger partial charge in [0.05, 0.1) is 34.6 Å². The fourth-order valence-corrected chi connectivity index (χ4v) is 3.29. The average molecular weight is 435 g/mol. The number of aromatic carboxylic acids is 1. The Morgan fingerprint density at radius 2 is 1.82 bits per heavy atom. The molecule has 0 amide bonds. The highest BCUT2D eigenvalue weighted by Crippen LogP contribution is 2.18. The van der Waals surface area contributed by atoms with Crippen molar-refractivity contribution in [2.24, 2.45) is 0 Å². The fourth-order valence-electron chi connectivity index (χ4n) is 3.29. The minimum absolute atomic E-state index is 0.239. The van der Waals surface area contributed by atoms with Crippen molar-refractivity contribution in [3.8, 4) is 11.8 Å². The second-order valence-corrected chi connectivity index (χ2v) is 7.42. The summed E-state index contributed by atoms with van der Waals surface area (Å²) in [7, 11) is 0. The predicted octanol–water partition coefficient (Wildman–Crippen LogP) is 5.38. The number of nitrogens with zero attached hydrogens (tertiary/aromatic N) is 2. The summed E-state index contributed by atoms with van der Waals surface area (Å²) in [4.78, 5) is 15.6. The van der Waals surface area contributed by atoms with E-state index in [9.17, 15) is 4.79 Å². The van der Waals surface area contributed by atoms with Crippen molar-refractivity contribution in [1.82, 2.24) is 4.98 Å². The third kappa shape index (κ3) is 5.75. The number of rotatable bonds is 8. The van der Waals surface area contributed by atoms with E-state index < -0.39 is 5.97 Å². The molecule has 0 unspecified atom stereocenters. The number of para-hydroxylation sites is 1. The van der Waals surface area contributed by atoms with Crippen LogP contribution in [0, 0.1) is 11.3 Å². The van der Waals surface area contributed by atoms with Crippen LogP contribution in [0.3, 0.4) is 0 Å². The van der Waals surface area contributed by atoms with Crippen LogP contribution in [0.15, 0.2) is 90.6 Å². The van der Waals surface area contributed by atoms with Gasteiger partial charge in [-0.15, -0.1) is 0 Å². The molecule has 0 saturated heterocycles. The van der Waals surface area contributed by atoms with E-state index in [1.54, 1.807) is 54.7 Å². The van der Waals surface area contributed by atoms with Crippen LogP contribution in [0.4, 0.5) is 5.69 Å². The molecule has 4 aromatic rings. The number of nitrogens with one attached hydrogen (secondary N) is 1. The van der Waals surface area contributed by atoms with Crippen LogP contribution in [0.5, 0.6) is 5.75 Å². The second-order valence-electron chi connectivity index (χ2n) is 7.42. The molecule has 1 aromatic heterocycles. The molecule has 6 nitrogen and oxygen atoms in total. The van der Waals surface area contributed by atoms with E-state index in [2.05, 4.69) is 16.4 Å². The highest BCUT2D eigenvalue weighted by Gasteiger charge is 2.05. The zero-order chi connectivity index (χ0) is 23.0. The van der Waals surface area contributed by atoms with Crippen molar-refractivity contribution in [2.75, 3.05) is 18.5 Å². The lowest BCUT2D eigenvalue weighted by atomic mass is 10.1. The van der Waals surface area contributed by atoms with Crippen molar-refractivity contribution in [2.45, 2.75) is 0 Å². The number of hydrogen-bond acceptors (Lipinski definition) is 5. The summed E-state index contributed by atoms with van der Waals surface area (Å²) in [5.41, 5.74) is 4.46. The number of fused-ring (bicyclic) bond motifs is 1. The molecule has 0 spiro atoms. The summed E-state index contributed by atoms with van der Waals surface area (Å²) in [6.07, 6.45) is 3.76. The van der Waals surface area contributed by atoms with Crippen LogP contribution in [0.25, 0.3) is 17.0 Å². The van der Waals surface area contributed by atoms with Crippen molar-refractivity contribution in [1.29, 1.82) is 5.26 Å². The van der Waals surface area contributed by atoms with Gasteiger partial charge in [-0.25, -0.2) is 4.79 Å². The second kappa shape index (κ2) is 10.1. The first-order chi connectivity index (χ1) is 16.1. The maximum atomic E-state index is 11.1. The van der Waals surface area contributed by atoms with Crippen molar-refractivity contribution < 1.29 is 14.6 Å². The standard InChI is InChI=1S/C27H21N3O3/c28-15-20-7-11-25(12-8-20)33-18-21(13-19-5-9-22(10-6-19)27(31)32)16-29-24-14-23-3-1-2-4-26(23)30-17-24/h1-14,17,29H,16,18H2,(H,31,32). The molecule has 0 aliphatic rings. The van der Waals surface area contributed by atoms with Gasteiger partial charge in [0, 0.05) is 11.9 Å². The summed E-state index contributed by atoms with van der Waals surface area (Å²) in [5, 5.41) is 22.5. The summed E-state index contributed by atoms with van der Waals surface area (Å²) >= 11 is 0. The Morgan fingerprint density at radius 3 is 2.55 bits per heavy atom. The van der Waals surface area contributed by atoms with Crippen LogP contribution in [0.2, 0.25) is 0 Å². The molecule has 4 rings (SSSR count). The lowest BCUT2D eigenvalue weighted by molar-refractivity contribution is 0.0697. The van der Waals surface area contributed by atoms with Gasteiger partial charge in [-0.05, 0) is 59.7 Å². The number of ether oxygens (including phenoxy) is 1. The Labute approximate surface area is 191 Å². The summed E-state index contributed by atoms with van der Waals surface area (Å²) < 4.78 is 5.93. The lowest BCUT2D eigenvalue weighted by Crippen LogP contribution is -2.12. The normalized spacial score (nSPS) is 11.1. The van der Waals surface area contributed by atoms with E-state index in [0.717, 1.165) is 27.7 Å². The van der Waals surface area contributed by atoms with E-state index >= 15 is 0 Å². The molecule has 162 valence electrons. The SMILES string of the molecule is N#Cc1ccc(OCC(=Cc2ccc(C(=O)O)cc2)CNc2cnc3ccccc3c2)cc1. The molecule has 0 fully saturated rings. The Kier molecular flexibility index (Phi) is 6.62. The summed E-state index contributed by atoms with van der Waals surface area (Å²) in [6.45, 7) is 0.831. The number of pyridine rings is 1. The molecule has 1 heterocycles. The highest BCUT2D eigenvalue weighted by molar-refractivity contribution is 5.87. The van der Waals surface area contributed by atoms with E-state index in [0.29, 0.717) is 24.5 Å².